The average molecular weight is 306 g/mol. The minimum Gasteiger partial charge on any atom is -0.322 e. The number of aromatic nitrogens is 1. The highest BCUT2D eigenvalue weighted by Gasteiger charge is 2.17. The number of amides is 1. The Morgan fingerprint density at radius 2 is 1.78 bits per heavy atom. The Kier molecular flexibility index (Phi) is 3.74. The smallest absolute Gasteiger partial charge is 0.257 e. The van der Waals surface area contributed by atoms with Crippen LogP contribution in [0, 0.1) is 13.8 Å². The fraction of sp³-hybridized carbons (Fsp3) is 0.158. The quantitative estimate of drug-likeness (QED) is 0.772. The molecule has 23 heavy (non-hydrogen) atoms. The minimum atomic E-state index is -0.215. The first-order chi connectivity index (χ1) is 11.0. The normalized spacial score (nSPS) is 10.7. The summed E-state index contributed by atoms with van der Waals surface area (Å²) in [7, 11) is 0. The molecular weight excluding hydrogens is 288 g/mol. The van der Waals surface area contributed by atoms with E-state index in [4.69, 9.17) is 0 Å². The Bertz CT molecular complexity index is 922. The number of hydrogen-bond donors (Lipinski definition) is 1. The fourth-order valence-corrected chi connectivity index (χ4v) is 2.76. The lowest BCUT2D eigenvalue weighted by Gasteiger charge is -2.08. The van der Waals surface area contributed by atoms with Gasteiger partial charge in [0.1, 0.15) is 0 Å². The van der Waals surface area contributed by atoms with Gasteiger partial charge in [-0.2, -0.15) is 0 Å². The summed E-state index contributed by atoms with van der Waals surface area (Å²) in [6.45, 7) is 5.46. The van der Waals surface area contributed by atoms with Crippen LogP contribution in [0.1, 0.15) is 33.2 Å². The second-order valence-corrected chi connectivity index (χ2v) is 5.72. The lowest BCUT2D eigenvalue weighted by molar-refractivity contribution is 0.0941. The van der Waals surface area contributed by atoms with E-state index >= 15 is 0 Å². The van der Waals surface area contributed by atoms with Crippen molar-refractivity contribution in [3.05, 3.63) is 65.4 Å². The molecule has 1 heterocycles. The van der Waals surface area contributed by atoms with E-state index in [-0.39, 0.29) is 11.8 Å². The fourth-order valence-electron chi connectivity index (χ4n) is 2.76. The van der Waals surface area contributed by atoms with Gasteiger partial charge in [0.2, 0.25) is 5.91 Å². The first-order valence-corrected chi connectivity index (χ1v) is 7.47. The third-order valence-corrected chi connectivity index (χ3v) is 3.93. The number of hydrogen-bond acceptors (Lipinski definition) is 2. The van der Waals surface area contributed by atoms with Crippen LogP contribution in [0.3, 0.4) is 0 Å². The maximum Gasteiger partial charge on any atom is 0.257 e. The molecule has 0 spiro atoms. The number of benzene rings is 2. The van der Waals surface area contributed by atoms with E-state index in [9.17, 15) is 9.59 Å². The molecule has 0 fully saturated rings. The number of nitrogens with zero attached hydrogens (tertiary/aromatic N) is 1. The summed E-state index contributed by atoms with van der Waals surface area (Å²) in [5.74, 6) is -0.333. The van der Waals surface area contributed by atoms with Crippen molar-refractivity contribution in [1.82, 2.24) is 4.57 Å². The highest BCUT2D eigenvalue weighted by atomic mass is 16.2. The molecule has 0 saturated carbocycles. The van der Waals surface area contributed by atoms with Crippen LogP contribution in [-0.2, 0) is 0 Å². The second-order valence-electron chi connectivity index (χ2n) is 5.72. The molecule has 0 atom stereocenters. The van der Waals surface area contributed by atoms with Gasteiger partial charge < -0.3 is 5.32 Å². The molecule has 1 aromatic heterocycles. The van der Waals surface area contributed by atoms with Gasteiger partial charge in [-0.3, -0.25) is 14.2 Å². The molecule has 1 amide bonds. The summed E-state index contributed by atoms with van der Waals surface area (Å²) in [6, 6.07) is 13.3. The number of fused-ring (bicyclic) bond motifs is 1. The van der Waals surface area contributed by atoms with E-state index in [2.05, 4.69) is 5.32 Å². The SMILES string of the molecule is CC(=O)n1cc(C(=O)Nc2ccc(C)cc2C)c2ccccc21. The zero-order valence-corrected chi connectivity index (χ0v) is 13.4. The molecule has 0 aliphatic carbocycles. The standard InChI is InChI=1S/C19H18N2O2/c1-12-8-9-17(13(2)10-12)20-19(23)16-11-21(14(3)22)18-7-5-4-6-15(16)18/h4-11H,1-3H3,(H,20,23). The monoisotopic (exact) mass is 306 g/mol. The van der Waals surface area contributed by atoms with Crippen LogP contribution >= 0.6 is 0 Å². The van der Waals surface area contributed by atoms with E-state index < -0.39 is 0 Å². The molecule has 1 N–H and O–H groups in total. The Balaban J connectivity index is 2.03. The zero-order chi connectivity index (χ0) is 16.6. The van der Waals surface area contributed by atoms with E-state index in [1.165, 1.54) is 11.5 Å². The van der Waals surface area contributed by atoms with Gasteiger partial charge >= 0.3 is 0 Å². The predicted octanol–water partition coefficient (Wildman–Crippen LogP) is 4.17. The summed E-state index contributed by atoms with van der Waals surface area (Å²) in [4.78, 5) is 24.4. The van der Waals surface area contributed by atoms with Gasteiger partial charge in [-0.05, 0) is 31.5 Å². The molecule has 0 aliphatic rings. The van der Waals surface area contributed by atoms with Gasteiger partial charge in [0, 0.05) is 24.2 Å². The molecule has 116 valence electrons. The van der Waals surface area contributed by atoms with E-state index in [0.29, 0.717) is 5.56 Å². The van der Waals surface area contributed by atoms with Crippen molar-refractivity contribution in [2.45, 2.75) is 20.8 Å². The van der Waals surface area contributed by atoms with Gasteiger partial charge in [0.25, 0.3) is 5.91 Å². The molecule has 0 saturated heterocycles. The average Bonchev–Trinajstić information content (AvgIpc) is 2.90. The number of anilines is 1. The van der Waals surface area contributed by atoms with Crippen LogP contribution in [-0.4, -0.2) is 16.4 Å². The van der Waals surface area contributed by atoms with Crippen molar-refractivity contribution in [2.75, 3.05) is 5.32 Å². The highest BCUT2D eigenvalue weighted by molar-refractivity contribution is 6.14. The van der Waals surface area contributed by atoms with Crippen LogP contribution in [0.25, 0.3) is 10.9 Å². The van der Waals surface area contributed by atoms with Crippen LogP contribution in [0.2, 0.25) is 0 Å². The van der Waals surface area contributed by atoms with Gasteiger partial charge in [0.15, 0.2) is 0 Å². The lowest BCUT2D eigenvalue weighted by atomic mass is 10.1. The maximum absolute atomic E-state index is 12.7. The molecule has 4 heteroatoms. The third-order valence-electron chi connectivity index (χ3n) is 3.93. The maximum atomic E-state index is 12.7. The van der Waals surface area contributed by atoms with Crippen LogP contribution in [0.4, 0.5) is 5.69 Å². The van der Waals surface area contributed by atoms with Crippen LogP contribution < -0.4 is 5.32 Å². The molecule has 2 aromatic carbocycles. The van der Waals surface area contributed by atoms with E-state index in [0.717, 1.165) is 27.7 Å². The van der Waals surface area contributed by atoms with Crippen molar-refractivity contribution in [3.8, 4) is 0 Å². The first-order valence-electron chi connectivity index (χ1n) is 7.47. The molecule has 3 rings (SSSR count). The van der Waals surface area contributed by atoms with Crippen molar-refractivity contribution < 1.29 is 9.59 Å². The molecular formula is C19H18N2O2. The van der Waals surface area contributed by atoms with Crippen molar-refractivity contribution in [3.63, 3.8) is 0 Å². The number of aryl methyl sites for hydroxylation is 2. The summed E-state index contributed by atoms with van der Waals surface area (Å²) in [5, 5.41) is 3.70. The number of rotatable bonds is 2. The van der Waals surface area contributed by atoms with Gasteiger partial charge in [-0.15, -0.1) is 0 Å². The summed E-state index contributed by atoms with van der Waals surface area (Å²) < 4.78 is 1.51. The number of para-hydroxylation sites is 1. The van der Waals surface area contributed by atoms with Gasteiger partial charge in [-0.25, -0.2) is 0 Å². The van der Waals surface area contributed by atoms with Crippen LogP contribution in [0.5, 0.6) is 0 Å². The van der Waals surface area contributed by atoms with Crippen molar-refractivity contribution >= 4 is 28.4 Å². The third kappa shape index (κ3) is 2.75. The van der Waals surface area contributed by atoms with E-state index in [1.807, 2.05) is 56.3 Å². The minimum absolute atomic E-state index is 0.119. The summed E-state index contributed by atoms with van der Waals surface area (Å²) in [5.41, 5.74) is 4.17. The lowest BCUT2D eigenvalue weighted by Crippen LogP contribution is -2.12. The molecule has 0 bridgehead atoms. The Labute approximate surface area is 134 Å². The molecule has 4 nitrogen and oxygen atoms in total. The first kappa shape index (κ1) is 15.0. The molecule has 0 aliphatic heterocycles. The molecule has 0 radical (unpaired) electrons. The van der Waals surface area contributed by atoms with Gasteiger partial charge in [0.05, 0.1) is 11.1 Å². The topological polar surface area (TPSA) is 51.1 Å². The second kappa shape index (κ2) is 5.72. The molecule has 3 aromatic rings. The van der Waals surface area contributed by atoms with E-state index in [1.54, 1.807) is 6.20 Å². The zero-order valence-electron chi connectivity index (χ0n) is 13.4. The largest absolute Gasteiger partial charge is 0.322 e. The Morgan fingerprint density at radius 1 is 1.04 bits per heavy atom. The number of nitrogens with one attached hydrogen (secondary N) is 1. The Hall–Kier alpha value is -2.88. The summed E-state index contributed by atoms with van der Waals surface area (Å²) in [6.07, 6.45) is 1.60. The number of carbonyl (C=O) groups is 2. The summed E-state index contributed by atoms with van der Waals surface area (Å²) >= 11 is 0. The highest BCUT2D eigenvalue weighted by Crippen LogP contribution is 2.23. The number of carbonyl (C=O) groups excluding carboxylic acids is 2. The Morgan fingerprint density at radius 3 is 2.48 bits per heavy atom. The van der Waals surface area contributed by atoms with Crippen LogP contribution in [0.15, 0.2) is 48.7 Å². The van der Waals surface area contributed by atoms with Crippen molar-refractivity contribution in [2.24, 2.45) is 0 Å². The predicted molar refractivity (Wildman–Crippen MR) is 92.1 cm³/mol. The van der Waals surface area contributed by atoms with Crippen molar-refractivity contribution in [1.29, 1.82) is 0 Å². The molecule has 0 unspecified atom stereocenters. The van der Waals surface area contributed by atoms with Gasteiger partial charge in [-0.1, -0.05) is 35.9 Å².